The lowest BCUT2D eigenvalue weighted by Crippen LogP contribution is -2.39. The molecule has 6 heteroatoms. The fourth-order valence-corrected chi connectivity index (χ4v) is 7.35. The maximum atomic E-state index is 13.3. The fraction of sp³-hybridized carbons (Fsp3) is 0.971. The summed E-state index contributed by atoms with van der Waals surface area (Å²) in [4.78, 5) is 17.2. The highest BCUT2D eigenvalue weighted by Gasteiger charge is 2.19. The van der Waals surface area contributed by atoms with Crippen LogP contribution in [0, 0.1) is 5.92 Å². The molecular formula is C35H73N2O3P. The summed E-state index contributed by atoms with van der Waals surface area (Å²) < 4.78 is 12.5. The number of carbonyl (C=O) groups excluding carboxylic acids is 1. The molecule has 1 N–H and O–H groups in total. The standard InChI is InChI=1S/C35H73N2O3P/c1-6-9-12-14-16-17-19-23-28-37(31-34(38)32-41(40)30-29-36(4)5)35(39)27-22-21-26-33(24-11-8-3)25-20-18-15-13-10-7-2/h33-34,38,41H,6-32H2,1-5H3. The maximum Gasteiger partial charge on any atom is 0.222 e. The predicted molar refractivity (Wildman–Crippen MR) is 182 cm³/mol. The van der Waals surface area contributed by atoms with Crippen LogP contribution in [0.2, 0.25) is 0 Å². The van der Waals surface area contributed by atoms with Crippen molar-refractivity contribution in [2.75, 3.05) is 46.1 Å². The summed E-state index contributed by atoms with van der Waals surface area (Å²) in [5, 5.41) is 10.7. The molecule has 0 spiro atoms. The van der Waals surface area contributed by atoms with Crippen molar-refractivity contribution >= 4 is 13.7 Å². The third kappa shape index (κ3) is 26.9. The highest BCUT2D eigenvalue weighted by Crippen LogP contribution is 2.24. The molecule has 0 aliphatic rings. The first-order valence-electron chi connectivity index (χ1n) is 18.0. The third-order valence-electron chi connectivity index (χ3n) is 8.55. The van der Waals surface area contributed by atoms with E-state index in [1.54, 1.807) is 0 Å². The Balaban J connectivity index is 4.66. The summed E-state index contributed by atoms with van der Waals surface area (Å²) >= 11 is 0. The zero-order valence-electron chi connectivity index (χ0n) is 28.4. The molecular weight excluding hydrogens is 527 g/mol. The van der Waals surface area contributed by atoms with Gasteiger partial charge in [0.25, 0.3) is 0 Å². The second-order valence-corrected chi connectivity index (χ2v) is 15.1. The van der Waals surface area contributed by atoms with Crippen molar-refractivity contribution in [3.63, 3.8) is 0 Å². The molecule has 0 saturated carbocycles. The van der Waals surface area contributed by atoms with Crippen LogP contribution in [0.3, 0.4) is 0 Å². The normalized spacial score (nSPS) is 13.9. The van der Waals surface area contributed by atoms with Gasteiger partial charge in [-0.25, -0.2) is 0 Å². The van der Waals surface area contributed by atoms with Gasteiger partial charge in [0.1, 0.15) is 0 Å². The Bertz CT molecular complexity index is 602. The highest BCUT2D eigenvalue weighted by atomic mass is 31.1. The average Bonchev–Trinajstić information content (AvgIpc) is 2.94. The fourth-order valence-electron chi connectivity index (χ4n) is 5.79. The van der Waals surface area contributed by atoms with Gasteiger partial charge >= 0.3 is 0 Å². The molecule has 1 amide bonds. The molecule has 0 radical (unpaired) electrons. The molecule has 0 aromatic rings. The number of aliphatic hydroxyl groups is 1. The summed E-state index contributed by atoms with van der Waals surface area (Å²) in [6, 6.07) is 0. The first-order chi connectivity index (χ1) is 19.8. The van der Waals surface area contributed by atoms with Crippen LogP contribution in [0.4, 0.5) is 0 Å². The van der Waals surface area contributed by atoms with E-state index in [1.165, 1.54) is 109 Å². The van der Waals surface area contributed by atoms with E-state index in [0.29, 0.717) is 25.3 Å². The van der Waals surface area contributed by atoms with Gasteiger partial charge in [-0.15, -0.1) is 0 Å². The Kier molecular flexibility index (Phi) is 29.4. The van der Waals surface area contributed by atoms with Gasteiger partial charge in [-0.05, 0) is 32.9 Å². The van der Waals surface area contributed by atoms with Crippen LogP contribution in [-0.4, -0.2) is 73.0 Å². The van der Waals surface area contributed by atoms with Crippen LogP contribution < -0.4 is 0 Å². The molecule has 0 saturated heterocycles. The van der Waals surface area contributed by atoms with Crippen LogP contribution in [0.15, 0.2) is 0 Å². The summed E-state index contributed by atoms with van der Waals surface area (Å²) in [5.74, 6) is 0.993. The van der Waals surface area contributed by atoms with Gasteiger partial charge in [-0.3, -0.25) is 4.79 Å². The maximum absolute atomic E-state index is 13.3. The van der Waals surface area contributed by atoms with Crippen molar-refractivity contribution < 1.29 is 14.5 Å². The zero-order valence-corrected chi connectivity index (χ0v) is 29.4. The number of carbonyl (C=O) groups is 1. The van der Waals surface area contributed by atoms with Crippen LogP contribution >= 0.6 is 7.80 Å². The van der Waals surface area contributed by atoms with E-state index >= 15 is 0 Å². The average molecular weight is 601 g/mol. The number of hydrogen-bond acceptors (Lipinski definition) is 4. The van der Waals surface area contributed by atoms with Crippen molar-refractivity contribution in [1.82, 2.24) is 9.80 Å². The minimum atomic E-state index is -1.83. The lowest BCUT2D eigenvalue weighted by atomic mass is 9.90. The molecule has 0 aliphatic carbocycles. The summed E-state index contributed by atoms with van der Waals surface area (Å²) in [6.07, 6.45) is 27.5. The van der Waals surface area contributed by atoms with E-state index in [4.69, 9.17) is 0 Å². The number of unbranched alkanes of at least 4 members (excludes halogenated alkanes) is 14. The Morgan fingerprint density at radius 2 is 1.15 bits per heavy atom. The summed E-state index contributed by atoms with van der Waals surface area (Å²) in [7, 11) is 2.14. The Hall–Kier alpha value is -0.380. The largest absolute Gasteiger partial charge is 0.391 e. The molecule has 3 unspecified atom stereocenters. The van der Waals surface area contributed by atoms with Gasteiger partial charge in [-0.1, -0.05) is 143 Å². The topological polar surface area (TPSA) is 60.9 Å². The van der Waals surface area contributed by atoms with Crippen molar-refractivity contribution in [2.45, 2.75) is 168 Å². The van der Waals surface area contributed by atoms with E-state index in [9.17, 15) is 14.5 Å². The smallest absolute Gasteiger partial charge is 0.222 e. The first-order valence-corrected chi connectivity index (χ1v) is 19.8. The van der Waals surface area contributed by atoms with E-state index in [-0.39, 0.29) is 5.91 Å². The van der Waals surface area contributed by atoms with Crippen molar-refractivity contribution in [1.29, 1.82) is 0 Å². The molecule has 0 aromatic heterocycles. The van der Waals surface area contributed by atoms with Gasteiger partial charge < -0.3 is 19.5 Å². The number of amides is 1. The predicted octanol–water partition coefficient (Wildman–Crippen LogP) is 9.56. The molecule has 41 heavy (non-hydrogen) atoms. The number of hydrogen-bond donors (Lipinski definition) is 1. The lowest BCUT2D eigenvalue weighted by molar-refractivity contribution is -0.132. The highest BCUT2D eigenvalue weighted by molar-refractivity contribution is 7.44. The molecule has 0 aromatic carbocycles. The summed E-state index contributed by atoms with van der Waals surface area (Å²) in [5.41, 5.74) is 0. The number of rotatable bonds is 31. The van der Waals surface area contributed by atoms with Crippen LogP contribution in [0.1, 0.15) is 162 Å². The molecule has 0 rings (SSSR count). The molecule has 0 bridgehead atoms. The van der Waals surface area contributed by atoms with Gasteiger partial charge in [0.05, 0.1) is 13.9 Å². The van der Waals surface area contributed by atoms with E-state index in [0.717, 1.165) is 44.7 Å². The SMILES string of the molecule is CCCCCCCCCCN(CC(O)C[PH](=O)CCN(C)C)C(=O)CCCCC(CCCC)CCCCCCCC. The van der Waals surface area contributed by atoms with Crippen molar-refractivity contribution in [3.8, 4) is 0 Å². The quantitative estimate of drug-likeness (QED) is 0.0636. The molecule has 0 aliphatic heterocycles. The van der Waals surface area contributed by atoms with Crippen LogP contribution in [0.5, 0.6) is 0 Å². The second kappa shape index (κ2) is 29.7. The Morgan fingerprint density at radius 3 is 1.71 bits per heavy atom. The minimum absolute atomic E-state index is 0.181. The van der Waals surface area contributed by atoms with Crippen molar-refractivity contribution in [2.24, 2.45) is 5.92 Å². The third-order valence-corrected chi connectivity index (χ3v) is 10.3. The van der Waals surface area contributed by atoms with Crippen molar-refractivity contribution in [3.05, 3.63) is 0 Å². The van der Waals surface area contributed by atoms with Gasteiger partial charge in [0, 0.05) is 38.4 Å². The Morgan fingerprint density at radius 1 is 0.659 bits per heavy atom. The molecule has 246 valence electrons. The number of nitrogens with zero attached hydrogens (tertiary/aromatic N) is 2. The Labute approximate surface area is 257 Å². The van der Waals surface area contributed by atoms with E-state index < -0.39 is 13.9 Å². The van der Waals surface area contributed by atoms with Crippen LogP contribution in [0.25, 0.3) is 0 Å². The van der Waals surface area contributed by atoms with Gasteiger partial charge in [0.15, 0.2) is 0 Å². The number of aliphatic hydroxyl groups excluding tert-OH is 1. The van der Waals surface area contributed by atoms with Gasteiger partial charge in [-0.2, -0.15) is 0 Å². The molecule has 3 atom stereocenters. The minimum Gasteiger partial charge on any atom is -0.391 e. The molecule has 0 heterocycles. The molecule has 0 fully saturated rings. The first kappa shape index (κ1) is 40.6. The van der Waals surface area contributed by atoms with Gasteiger partial charge in [0.2, 0.25) is 5.91 Å². The van der Waals surface area contributed by atoms with E-state index in [2.05, 4.69) is 20.8 Å². The summed E-state index contributed by atoms with van der Waals surface area (Å²) in [6.45, 7) is 8.66. The van der Waals surface area contributed by atoms with Crippen LogP contribution in [-0.2, 0) is 9.36 Å². The van der Waals surface area contributed by atoms with E-state index in [1.807, 2.05) is 23.9 Å². The zero-order chi connectivity index (χ0) is 30.6. The monoisotopic (exact) mass is 601 g/mol. The lowest BCUT2D eigenvalue weighted by Gasteiger charge is -2.26. The second-order valence-electron chi connectivity index (χ2n) is 13.1. The molecule has 5 nitrogen and oxygen atoms in total.